The van der Waals surface area contributed by atoms with Crippen LogP contribution >= 0.6 is 11.6 Å². The molecule has 156 valence electrons. The zero-order valence-electron chi connectivity index (χ0n) is 16.4. The Labute approximate surface area is 180 Å². The highest BCUT2D eigenvalue weighted by Crippen LogP contribution is 2.29. The summed E-state index contributed by atoms with van der Waals surface area (Å²) in [6.45, 7) is 2.89. The molecule has 6 nitrogen and oxygen atoms in total. The van der Waals surface area contributed by atoms with Crippen molar-refractivity contribution >= 4 is 44.6 Å². The molecule has 0 radical (unpaired) electrons. The van der Waals surface area contributed by atoms with Crippen molar-refractivity contribution in [2.75, 3.05) is 26.2 Å². The van der Waals surface area contributed by atoms with E-state index in [4.69, 9.17) is 16.0 Å². The minimum atomic E-state index is -3.55. The fourth-order valence-electron chi connectivity index (χ4n) is 3.50. The third-order valence-electron chi connectivity index (χ3n) is 5.21. The van der Waals surface area contributed by atoms with Gasteiger partial charge in [-0.1, -0.05) is 41.9 Å². The van der Waals surface area contributed by atoms with Crippen LogP contribution in [0.4, 0.5) is 0 Å². The van der Waals surface area contributed by atoms with E-state index >= 15 is 0 Å². The Morgan fingerprint density at radius 2 is 1.77 bits per heavy atom. The Balaban J connectivity index is 1.45. The number of furan rings is 1. The standard InChI is InChI=1S/C22H21ClN2O4S/c1-16-19-15-18(23)7-8-20(19)29-21(16)22(26)24-10-12-25(13-11-24)30(27,28)14-9-17-5-3-2-4-6-17/h2-9,14-15H,10-13H2,1H3. The van der Waals surface area contributed by atoms with Crippen molar-refractivity contribution in [3.8, 4) is 0 Å². The number of piperazine rings is 1. The number of nitrogens with zero attached hydrogens (tertiary/aromatic N) is 2. The van der Waals surface area contributed by atoms with Gasteiger partial charge in [0, 0.05) is 47.6 Å². The predicted octanol–water partition coefficient (Wildman–Crippen LogP) is 4.15. The van der Waals surface area contributed by atoms with Gasteiger partial charge in [0.05, 0.1) is 0 Å². The first-order chi connectivity index (χ1) is 14.3. The lowest BCUT2D eigenvalue weighted by atomic mass is 10.1. The van der Waals surface area contributed by atoms with Gasteiger partial charge in [0.15, 0.2) is 5.76 Å². The maximum Gasteiger partial charge on any atom is 0.289 e. The molecule has 3 aromatic rings. The summed E-state index contributed by atoms with van der Waals surface area (Å²) in [6.07, 6.45) is 1.58. The van der Waals surface area contributed by atoms with E-state index in [0.717, 1.165) is 16.5 Å². The number of hydrogen-bond donors (Lipinski definition) is 0. The van der Waals surface area contributed by atoms with Gasteiger partial charge in [0.2, 0.25) is 10.0 Å². The lowest BCUT2D eigenvalue weighted by Gasteiger charge is -2.33. The molecule has 0 spiro atoms. The van der Waals surface area contributed by atoms with Gasteiger partial charge in [-0.3, -0.25) is 4.79 Å². The van der Waals surface area contributed by atoms with Gasteiger partial charge in [0.1, 0.15) is 5.58 Å². The van der Waals surface area contributed by atoms with Crippen molar-refractivity contribution in [2.45, 2.75) is 6.92 Å². The number of carbonyl (C=O) groups excluding carboxylic acids is 1. The molecule has 1 aromatic heterocycles. The molecule has 1 amide bonds. The molecule has 0 bridgehead atoms. The maximum absolute atomic E-state index is 13.0. The Morgan fingerprint density at radius 1 is 1.07 bits per heavy atom. The number of carbonyl (C=O) groups is 1. The molecule has 0 atom stereocenters. The first-order valence-electron chi connectivity index (χ1n) is 9.56. The van der Waals surface area contributed by atoms with Crippen molar-refractivity contribution in [3.05, 3.63) is 75.8 Å². The van der Waals surface area contributed by atoms with Crippen molar-refractivity contribution in [1.82, 2.24) is 9.21 Å². The summed E-state index contributed by atoms with van der Waals surface area (Å²) in [5, 5.41) is 2.60. The Hall–Kier alpha value is -2.61. The van der Waals surface area contributed by atoms with Crippen LogP contribution in [0.3, 0.4) is 0 Å². The summed E-state index contributed by atoms with van der Waals surface area (Å²) in [7, 11) is -3.55. The molecular formula is C22H21ClN2O4S. The fourth-order valence-corrected chi connectivity index (χ4v) is 4.85. The molecule has 1 fully saturated rings. The number of halogens is 1. The van der Waals surface area contributed by atoms with Crippen LogP contribution in [0.5, 0.6) is 0 Å². The monoisotopic (exact) mass is 444 g/mol. The summed E-state index contributed by atoms with van der Waals surface area (Å²) >= 11 is 6.05. The quantitative estimate of drug-likeness (QED) is 0.606. The third-order valence-corrected chi connectivity index (χ3v) is 7.01. The SMILES string of the molecule is Cc1c(C(=O)N2CCN(S(=O)(=O)C=Cc3ccccc3)CC2)oc2ccc(Cl)cc12. The van der Waals surface area contributed by atoms with Crippen LogP contribution < -0.4 is 0 Å². The van der Waals surface area contributed by atoms with Crippen LogP contribution in [0.15, 0.2) is 58.4 Å². The Kier molecular flexibility index (Phi) is 5.69. The average molecular weight is 445 g/mol. The van der Waals surface area contributed by atoms with Gasteiger partial charge in [-0.15, -0.1) is 0 Å². The second-order valence-electron chi connectivity index (χ2n) is 7.15. The summed E-state index contributed by atoms with van der Waals surface area (Å²) in [6, 6.07) is 14.5. The van der Waals surface area contributed by atoms with Crippen LogP contribution in [0.2, 0.25) is 5.02 Å². The van der Waals surface area contributed by atoms with E-state index in [1.807, 2.05) is 37.3 Å². The van der Waals surface area contributed by atoms with Crippen LogP contribution in [0.25, 0.3) is 17.0 Å². The zero-order valence-corrected chi connectivity index (χ0v) is 18.0. The molecule has 0 unspecified atom stereocenters. The van der Waals surface area contributed by atoms with E-state index in [-0.39, 0.29) is 24.8 Å². The number of benzene rings is 2. The lowest BCUT2D eigenvalue weighted by molar-refractivity contribution is 0.0668. The van der Waals surface area contributed by atoms with Gasteiger partial charge in [-0.05, 0) is 36.8 Å². The molecule has 1 aliphatic rings. The largest absolute Gasteiger partial charge is 0.451 e. The van der Waals surface area contributed by atoms with E-state index in [9.17, 15) is 13.2 Å². The molecule has 2 aromatic carbocycles. The summed E-state index contributed by atoms with van der Waals surface area (Å²) in [5.41, 5.74) is 2.15. The molecule has 2 heterocycles. The number of sulfonamides is 1. The topological polar surface area (TPSA) is 70.8 Å². The molecule has 0 aliphatic carbocycles. The third kappa shape index (κ3) is 4.14. The zero-order chi connectivity index (χ0) is 21.3. The molecule has 0 saturated carbocycles. The van der Waals surface area contributed by atoms with Gasteiger partial charge in [-0.2, -0.15) is 4.31 Å². The van der Waals surface area contributed by atoms with Gasteiger partial charge in [0.25, 0.3) is 5.91 Å². The molecular weight excluding hydrogens is 424 g/mol. The summed E-state index contributed by atoms with van der Waals surface area (Å²) in [4.78, 5) is 14.6. The Bertz CT molecular complexity index is 1210. The van der Waals surface area contributed by atoms with Crippen LogP contribution in [-0.4, -0.2) is 49.7 Å². The van der Waals surface area contributed by atoms with E-state index in [1.165, 1.54) is 9.71 Å². The first kappa shape index (κ1) is 20.7. The van der Waals surface area contributed by atoms with Crippen molar-refractivity contribution < 1.29 is 17.6 Å². The van der Waals surface area contributed by atoms with Crippen LogP contribution in [-0.2, 0) is 10.0 Å². The highest BCUT2D eigenvalue weighted by molar-refractivity contribution is 7.92. The minimum Gasteiger partial charge on any atom is -0.451 e. The van der Waals surface area contributed by atoms with E-state index < -0.39 is 10.0 Å². The van der Waals surface area contributed by atoms with Crippen LogP contribution in [0.1, 0.15) is 21.7 Å². The number of hydrogen-bond acceptors (Lipinski definition) is 4. The predicted molar refractivity (Wildman–Crippen MR) is 118 cm³/mol. The smallest absolute Gasteiger partial charge is 0.289 e. The van der Waals surface area contributed by atoms with E-state index in [0.29, 0.717) is 23.7 Å². The molecule has 1 aliphatic heterocycles. The van der Waals surface area contributed by atoms with Gasteiger partial charge in [-0.25, -0.2) is 8.42 Å². The van der Waals surface area contributed by atoms with Gasteiger partial charge < -0.3 is 9.32 Å². The molecule has 1 saturated heterocycles. The minimum absolute atomic E-state index is 0.234. The molecule has 8 heteroatoms. The number of rotatable bonds is 4. The number of amides is 1. The van der Waals surface area contributed by atoms with E-state index in [2.05, 4.69) is 0 Å². The average Bonchev–Trinajstić information content (AvgIpc) is 3.08. The second-order valence-corrected chi connectivity index (χ2v) is 9.40. The highest BCUT2D eigenvalue weighted by atomic mass is 35.5. The molecule has 0 N–H and O–H groups in total. The molecule has 4 rings (SSSR count). The van der Waals surface area contributed by atoms with Crippen molar-refractivity contribution in [3.63, 3.8) is 0 Å². The first-order valence-corrected chi connectivity index (χ1v) is 11.4. The summed E-state index contributed by atoms with van der Waals surface area (Å²) < 4.78 is 32.4. The number of aryl methyl sites for hydroxylation is 1. The maximum atomic E-state index is 13.0. The van der Waals surface area contributed by atoms with Crippen molar-refractivity contribution in [2.24, 2.45) is 0 Å². The Morgan fingerprint density at radius 3 is 2.47 bits per heavy atom. The second kappa shape index (κ2) is 8.26. The van der Waals surface area contributed by atoms with Gasteiger partial charge >= 0.3 is 0 Å². The summed E-state index contributed by atoms with van der Waals surface area (Å²) in [5.74, 6) is 0.0317. The van der Waals surface area contributed by atoms with Crippen molar-refractivity contribution in [1.29, 1.82) is 0 Å². The van der Waals surface area contributed by atoms with Crippen LogP contribution in [0, 0.1) is 6.92 Å². The lowest BCUT2D eigenvalue weighted by Crippen LogP contribution is -2.50. The molecule has 30 heavy (non-hydrogen) atoms. The van der Waals surface area contributed by atoms with E-state index in [1.54, 1.807) is 29.2 Å². The fraction of sp³-hybridized carbons (Fsp3) is 0.227. The number of fused-ring (bicyclic) bond motifs is 1. The highest BCUT2D eigenvalue weighted by Gasteiger charge is 2.30. The normalized spacial score (nSPS) is 15.9.